The fraction of sp³-hybridized carbons (Fsp3) is 0.667. The Morgan fingerprint density at radius 1 is 1.36 bits per heavy atom. The molecule has 4 heterocycles. The molecule has 0 N–H and O–H groups in total. The van der Waals surface area contributed by atoms with Crippen molar-refractivity contribution in [2.45, 2.75) is 44.4 Å². The number of aryl methyl sites for hydroxylation is 2. The van der Waals surface area contributed by atoms with Gasteiger partial charge in [-0.1, -0.05) is 0 Å². The van der Waals surface area contributed by atoms with Crippen LogP contribution in [0.25, 0.3) is 0 Å². The molecule has 2 aliphatic rings. The van der Waals surface area contributed by atoms with Gasteiger partial charge in [-0.15, -0.1) is 10.2 Å². The molecule has 0 radical (unpaired) electrons. The molecule has 2 aromatic heterocycles. The smallest absolute Gasteiger partial charge is 0.220 e. The molecule has 7 heteroatoms. The molecule has 118 valence electrons. The van der Waals surface area contributed by atoms with Crippen LogP contribution in [0, 0.1) is 6.92 Å². The molecule has 0 spiro atoms. The second-order valence-electron chi connectivity index (χ2n) is 6.31. The highest BCUT2D eigenvalue weighted by Gasteiger charge is 2.42. The number of hydrogen-bond donors (Lipinski definition) is 0. The van der Waals surface area contributed by atoms with E-state index in [1.807, 2.05) is 24.9 Å². The normalized spacial score (nSPS) is 28.9. The van der Waals surface area contributed by atoms with Crippen molar-refractivity contribution in [3.8, 4) is 0 Å². The molecule has 0 saturated carbocycles. The summed E-state index contributed by atoms with van der Waals surface area (Å²) in [5.41, 5.74) is 1.23. The second-order valence-corrected chi connectivity index (χ2v) is 6.31. The monoisotopic (exact) mass is 303 g/mol. The van der Waals surface area contributed by atoms with Crippen molar-refractivity contribution in [1.29, 1.82) is 0 Å². The Balaban J connectivity index is 1.55. The van der Waals surface area contributed by atoms with Gasteiger partial charge in [-0.3, -0.25) is 9.58 Å². The Labute approximate surface area is 129 Å². The fourth-order valence-corrected chi connectivity index (χ4v) is 3.68. The maximum absolute atomic E-state index is 5.94. The van der Waals surface area contributed by atoms with Crippen LogP contribution in [0.5, 0.6) is 0 Å². The van der Waals surface area contributed by atoms with Crippen LogP contribution in [0.4, 0.5) is 0 Å². The SMILES string of the molecule is Cc1nnc([C@@H]2C[C@H]3OCC[C@H]3N(Cc3cnn(C)c3)C2)o1. The first-order valence-electron chi connectivity index (χ1n) is 7.82. The molecule has 2 aliphatic heterocycles. The van der Waals surface area contributed by atoms with Gasteiger partial charge in [0.15, 0.2) is 0 Å². The van der Waals surface area contributed by atoms with Crippen molar-refractivity contribution in [3.63, 3.8) is 0 Å². The quantitative estimate of drug-likeness (QED) is 0.850. The zero-order chi connectivity index (χ0) is 15.1. The Hall–Kier alpha value is -1.73. The molecule has 2 aromatic rings. The van der Waals surface area contributed by atoms with Crippen molar-refractivity contribution < 1.29 is 9.15 Å². The zero-order valence-electron chi connectivity index (χ0n) is 13.0. The van der Waals surface area contributed by atoms with Gasteiger partial charge in [0.2, 0.25) is 11.8 Å². The molecule has 2 saturated heterocycles. The van der Waals surface area contributed by atoms with Crippen LogP contribution in [-0.4, -0.2) is 50.2 Å². The summed E-state index contributed by atoms with van der Waals surface area (Å²) in [5.74, 6) is 1.61. The highest BCUT2D eigenvalue weighted by Crippen LogP contribution is 2.36. The van der Waals surface area contributed by atoms with E-state index in [1.54, 1.807) is 0 Å². The summed E-state index contributed by atoms with van der Waals surface area (Å²) >= 11 is 0. The van der Waals surface area contributed by atoms with Crippen LogP contribution in [0.3, 0.4) is 0 Å². The molecule has 0 aromatic carbocycles. The largest absolute Gasteiger partial charge is 0.425 e. The number of hydrogen-bond acceptors (Lipinski definition) is 6. The third-order valence-corrected chi connectivity index (χ3v) is 4.65. The van der Waals surface area contributed by atoms with E-state index in [9.17, 15) is 0 Å². The van der Waals surface area contributed by atoms with Crippen LogP contribution in [0.1, 0.15) is 36.1 Å². The Bertz CT molecular complexity index is 652. The number of piperidine rings is 1. The van der Waals surface area contributed by atoms with Crippen LogP contribution in [-0.2, 0) is 18.3 Å². The maximum atomic E-state index is 5.94. The van der Waals surface area contributed by atoms with E-state index in [2.05, 4.69) is 26.4 Å². The highest BCUT2D eigenvalue weighted by molar-refractivity contribution is 5.08. The van der Waals surface area contributed by atoms with Crippen molar-refractivity contribution in [2.75, 3.05) is 13.2 Å². The molecular weight excluding hydrogens is 282 g/mol. The van der Waals surface area contributed by atoms with E-state index in [1.165, 1.54) is 5.56 Å². The van der Waals surface area contributed by atoms with Gasteiger partial charge in [0.25, 0.3) is 0 Å². The minimum Gasteiger partial charge on any atom is -0.425 e. The second kappa shape index (κ2) is 5.48. The van der Waals surface area contributed by atoms with Gasteiger partial charge < -0.3 is 9.15 Å². The van der Waals surface area contributed by atoms with Gasteiger partial charge in [-0.2, -0.15) is 5.10 Å². The molecule has 0 amide bonds. The van der Waals surface area contributed by atoms with Crippen molar-refractivity contribution in [3.05, 3.63) is 29.7 Å². The molecule has 0 unspecified atom stereocenters. The third-order valence-electron chi connectivity index (χ3n) is 4.65. The molecular formula is C15H21N5O2. The third kappa shape index (κ3) is 2.55. The fourth-order valence-electron chi connectivity index (χ4n) is 3.68. The predicted octanol–water partition coefficient (Wildman–Crippen LogP) is 1.26. The predicted molar refractivity (Wildman–Crippen MR) is 78.2 cm³/mol. The lowest BCUT2D eigenvalue weighted by Crippen LogP contribution is -2.48. The molecule has 3 atom stereocenters. The highest BCUT2D eigenvalue weighted by atomic mass is 16.5. The number of aromatic nitrogens is 4. The van der Waals surface area contributed by atoms with Gasteiger partial charge in [-0.05, 0) is 12.8 Å². The van der Waals surface area contributed by atoms with Crippen LogP contribution < -0.4 is 0 Å². The van der Waals surface area contributed by atoms with Crippen LogP contribution in [0.2, 0.25) is 0 Å². The molecule has 2 fully saturated rings. The average Bonchev–Trinajstić information content (AvgIpc) is 3.20. The summed E-state index contributed by atoms with van der Waals surface area (Å²) < 4.78 is 13.4. The number of fused-ring (bicyclic) bond motifs is 1. The van der Waals surface area contributed by atoms with Crippen molar-refractivity contribution >= 4 is 0 Å². The van der Waals surface area contributed by atoms with Crippen molar-refractivity contribution in [2.24, 2.45) is 7.05 Å². The lowest BCUT2D eigenvalue weighted by Gasteiger charge is -2.39. The van der Waals surface area contributed by atoms with Gasteiger partial charge in [0.1, 0.15) is 0 Å². The van der Waals surface area contributed by atoms with Gasteiger partial charge in [0.05, 0.1) is 18.2 Å². The lowest BCUT2D eigenvalue weighted by molar-refractivity contribution is 0.00921. The standard InChI is InChI=1S/C15H21N5O2/c1-10-17-18-15(22-10)12-5-14-13(3-4-21-14)20(9-12)8-11-6-16-19(2)7-11/h6-7,12-14H,3-5,8-9H2,1-2H3/t12-,13-,14-/m1/s1. The first-order chi connectivity index (χ1) is 10.7. The minimum atomic E-state index is 0.247. The molecule has 22 heavy (non-hydrogen) atoms. The van der Waals surface area contributed by atoms with Gasteiger partial charge in [0, 0.05) is 51.5 Å². The first kappa shape index (κ1) is 13.9. The Morgan fingerprint density at radius 2 is 2.27 bits per heavy atom. The first-order valence-corrected chi connectivity index (χ1v) is 7.82. The molecule has 7 nitrogen and oxygen atoms in total. The van der Waals surface area contributed by atoms with E-state index in [-0.39, 0.29) is 12.0 Å². The summed E-state index contributed by atoms with van der Waals surface area (Å²) in [4.78, 5) is 2.49. The number of rotatable bonds is 3. The maximum Gasteiger partial charge on any atom is 0.220 e. The number of nitrogens with zero attached hydrogens (tertiary/aromatic N) is 5. The zero-order valence-corrected chi connectivity index (χ0v) is 13.0. The average molecular weight is 303 g/mol. The van der Waals surface area contributed by atoms with E-state index in [4.69, 9.17) is 9.15 Å². The number of likely N-dealkylation sites (tertiary alicyclic amines) is 1. The van der Waals surface area contributed by atoms with E-state index < -0.39 is 0 Å². The summed E-state index contributed by atoms with van der Waals surface area (Å²) in [6.07, 6.45) is 6.34. The van der Waals surface area contributed by atoms with Gasteiger partial charge >= 0.3 is 0 Å². The number of ether oxygens (including phenoxy) is 1. The molecule has 4 rings (SSSR count). The Kier molecular flexibility index (Phi) is 3.46. The molecule has 0 bridgehead atoms. The van der Waals surface area contributed by atoms with E-state index in [0.29, 0.717) is 11.9 Å². The Morgan fingerprint density at radius 3 is 3.00 bits per heavy atom. The summed E-state index contributed by atoms with van der Waals surface area (Å²) in [6, 6.07) is 0.487. The summed E-state index contributed by atoms with van der Waals surface area (Å²) in [7, 11) is 1.95. The van der Waals surface area contributed by atoms with E-state index in [0.717, 1.165) is 38.4 Å². The van der Waals surface area contributed by atoms with Crippen molar-refractivity contribution in [1.82, 2.24) is 24.9 Å². The summed E-state index contributed by atoms with van der Waals surface area (Å²) in [5, 5.41) is 12.5. The van der Waals surface area contributed by atoms with Gasteiger partial charge in [-0.25, -0.2) is 0 Å². The molecule has 0 aliphatic carbocycles. The van der Waals surface area contributed by atoms with Crippen LogP contribution >= 0.6 is 0 Å². The van der Waals surface area contributed by atoms with E-state index >= 15 is 0 Å². The topological polar surface area (TPSA) is 69.2 Å². The van der Waals surface area contributed by atoms with Crippen LogP contribution in [0.15, 0.2) is 16.8 Å². The summed E-state index contributed by atoms with van der Waals surface area (Å²) in [6.45, 7) is 4.50. The lowest BCUT2D eigenvalue weighted by atomic mass is 9.89. The minimum absolute atomic E-state index is 0.247.